The summed E-state index contributed by atoms with van der Waals surface area (Å²) in [5, 5.41) is 16.1. The van der Waals surface area contributed by atoms with Crippen molar-refractivity contribution in [2.24, 2.45) is 0 Å². The molecule has 4 nitrogen and oxygen atoms in total. The Morgan fingerprint density at radius 2 is 1.88 bits per heavy atom. The van der Waals surface area contributed by atoms with Crippen LogP contribution in [0.5, 0.6) is 5.75 Å². The lowest BCUT2D eigenvalue weighted by Gasteiger charge is -2.11. The molecule has 6 heteroatoms. The van der Waals surface area contributed by atoms with E-state index >= 15 is 0 Å². The van der Waals surface area contributed by atoms with E-state index in [9.17, 15) is 5.11 Å². The normalized spacial score (nSPS) is 11.0. The van der Waals surface area contributed by atoms with Crippen molar-refractivity contribution in [2.45, 2.75) is 6.92 Å². The first-order valence-corrected chi connectivity index (χ1v) is 9.34. The Morgan fingerprint density at radius 3 is 2.64 bits per heavy atom. The van der Waals surface area contributed by atoms with Gasteiger partial charge in [-0.3, -0.25) is 0 Å². The van der Waals surface area contributed by atoms with Gasteiger partial charge in [0, 0.05) is 21.1 Å². The van der Waals surface area contributed by atoms with Gasteiger partial charge < -0.3 is 10.4 Å². The maximum atomic E-state index is 9.60. The van der Waals surface area contributed by atoms with E-state index in [-0.39, 0.29) is 5.75 Å². The second-order valence-corrected chi connectivity index (χ2v) is 7.46. The topological polar surface area (TPSA) is 58.0 Å². The van der Waals surface area contributed by atoms with Gasteiger partial charge in [0.1, 0.15) is 22.7 Å². The van der Waals surface area contributed by atoms with E-state index in [2.05, 4.69) is 48.7 Å². The van der Waals surface area contributed by atoms with E-state index in [1.54, 1.807) is 29.8 Å². The zero-order valence-corrected chi connectivity index (χ0v) is 15.7. The number of hydrogen-bond donors (Lipinski definition) is 2. The molecule has 0 saturated heterocycles. The fourth-order valence-corrected chi connectivity index (χ4v) is 3.91. The maximum Gasteiger partial charge on any atom is 0.143 e. The minimum atomic E-state index is 0.252. The number of anilines is 2. The summed E-state index contributed by atoms with van der Waals surface area (Å²) in [6.45, 7) is 1.95. The zero-order valence-electron chi connectivity index (χ0n) is 13.3. The second kappa shape index (κ2) is 6.46. The summed E-state index contributed by atoms with van der Waals surface area (Å²) in [5.74, 6) is 1.01. The van der Waals surface area contributed by atoms with Crippen molar-refractivity contribution in [3.05, 3.63) is 64.2 Å². The average Bonchev–Trinajstić information content (AvgIpc) is 3.03. The summed E-state index contributed by atoms with van der Waals surface area (Å²) in [4.78, 5) is 9.79. The van der Waals surface area contributed by atoms with Crippen molar-refractivity contribution in [1.29, 1.82) is 0 Å². The van der Waals surface area contributed by atoms with E-state index in [1.807, 2.05) is 25.1 Å². The van der Waals surface area contributed by atoms with Crippen LogP contribution in [0.15, 0.2) is 58.6 Å². The highest BCUT2D eigenvalue weighted by Gasteiger charge is 2.14. The molecule has 2 aromatic heterocycles. The number of hydrogen-bond acceptors (Lipinski definition) is 5. The molecule has 0 atom stereocenters. The van der Waals surface area contributed by atoms with E-state index < -0.39 is 0 Å². The van der Waals surface area contributed by atoms with Gasteiger partial charge >= 0.3 is 0 Å². The van der Waals surface area contributed by atoms with Crippen LogP contribution in [0.4, 0.5) is 11.5 Å². The number of nitrogens with one attached hydrogen (secondary N) is 1. The van der Waals surface area contributed by atoms with E-state index in [0.29, 0.717) is 0 Å². The molecule has 0 aliphatic rings. The van der Waals surface area contributed by atoms with Crippen LogP contribution >= 0.6 is 27.3 Å². The van der Waals surface area contributed by atoms with Crippen LogP contribution in [0.2, 0.25) is 0 Å². The molecule has 0 saturated carbocycles. The number of halogens is 1. The molecule has 0 aliphatic carbocycles. The lowest BCUT2D eigenvalue weighted by molar-refractivity contribution is 0.475. The van der Waals surface area contributed by atoms with Crippen LogP contribution in [-0.2, 0) is 0 Å². The monoisotopic (exact) mass is 411 g/mol. The van der Waals surface area contributed by atoms with Gasteiger partial charge in [-0.2, -0.15) is 0 Å². The van der Waals surface area contributed by atoms with Gasteiger partial charge in [-0.25, -0.2) is 9.97 Å². The Morgan fingerprint density at radius 1 is 1.08 bits per heavy atom. The molecule has 4 aromatic rings. The van der Waals surface area contributed by atoms with Crippen molar-refractivity contribution in [2.75, 3.05) is 5.32 Å². The van der Waals surface area contributed by atoms with Gasteiger partial charge in [-0.15, -0.1) is 11.3 Å². The third-order valence-electron chi connectivity index (χ3n) is 3.99. The predicted molar refractivity (Wildman–Crippen MR) is 107 cm³/mol. The number of aryl methyl sites for hydroxylation is 1. The molecule has 4 rings (SSSR count). The molecule has 25 heavy (non-hydrogen) atoms. The summed E-state index contributed by atoms with van der Waals surface area (Å²) in [6, 6.07) is 13.5. The van der Waals surface area contributed by atoms with Crippen molar-refractivity contribution in [3.63, 3.8) is 0 Å². The van der Waals surface area contributed by atoms with Crippen molar-refractivity contribution >= 4 is 49.0 Å². The first-order chi connectivity index (χ1) is 12.1. The molecule has 0 spiro atoms. The van der Waals surface area contributed by atoms with E-state index in [1.165, 1.54) is 0 Å². The summed E-state index contributed by atoms with van der Waals surface area (Å²) >= 11 is 5.08. The third-order valence-corrected chi connectivity index (χ3v) is 5.40. The number of thiophene rings is 1. The highest BCUT2D eigenvalue weighted by molar-refractivity contribution is 9.10. The molecule has 0 bridgehead atoms. The first-order valence-electron chi connectivity index (χ1n) is 7.66. The number of phenolic OH excluding ortho intramolecular Hbond substituents is 1. The van der Waals surface area contributed by atoms with Crippen LogP contribution in [0, 0.1) is 6.92 Å². The fourth-order valence-electron chi connectivity index (χ4n) is 2.73. The molecule has 0 fully saturated rings. The second-order valence-electron chi connectivity index (χ2n) is 5.68. The quantitative estimate of drug-likeness (QED) is 0.413. The number of aromatic hydroxyl groups is 1. The van der Waals surface area contributed by atoms with Crippen molar-refractivity contribution in [1.82, 2.24) is 9.97 Å². The highest BCUT2D eigenvalue weighted by Crippen LogP contribution is 2.38. The van der Waals surface area contributed by atoms with Crippen LogP contribution in [0.3, 0.4) is 0 Å². The number of benzene rings is 2. The number of aromatic nitrogens is 2. The Kier molecular flexibility index (Phi) is 4.15. The minimum Gasteiger partial charge on any atom is -0.508 e. The van der Waals surface area contributed by atoms with Gasteiger partial charge in [0.2, 0.25) is 0 Å². The minimum absolute atomic E-state index is 0.252. The smallest absolute Gasteiger partial charge is 0.143 e. The number of fused-ring (bicyclic) bond motifs is 1. The predicted octanol–water partition coefficient (Wildman–Crippen LogP) is 5.88. The molecule has 0 radical (unpaired) electrons. The van der Waals surface area contributed by atoms with Crippen molar-refractivity contribution < 1.29 is 5.11 Å². The average molecular weight is 412 g/mol. The molecule has 124 valence electrons. The number of rotatable bonds is 3. The number of nitrogens with zero attached hydrogens (tertiary/aromatic N) is 2. The summed E-state index contributed by atoms with van der Waals surface area (Å²) in [6.07, 6.45) is 1.57. The van der Waals surface area contributed by atoms with Crippen LogP contribution in [-0.4, -0.2) is 15.1 Å². The Hall–Kier alpha value is -2.44. The maximum absolute atomic E-state index is 9.60. The standard InChI is InChI=1S/C19H14BrN3OS/c1-11-8-14(24)6-7-16(11)23-18-17-15(9-25-19(17)22-10-21-18)12-2-4-13(20)5-3-12/h2-10,24H,1H3,(H,21,22,23). The molecule has 0 amide bonds. The highest BCUT2D eigenvalue weighted by atomic mass is 79.9. The number of phenols is 1. The van der Waals surface area contributed by atoms with Gasteiger partial charge in [0.05, 0.1) is 5.39 Å². The molecular weight excluding hydrogens is 398 g/mol. The Balaban J connectivity index is 1.84. The lowest BCUT2D eigenvalue weighted by Crippen LogP contribution is -1.97. The SMILES string of the molecule is Cc1cc(O)ccc1Nc1ncnc2scc(-c3ccc(Br)cc3)c12. The molecule has 2 aromatic carbocycles. The summed E-state index contributed by atoms with van der Waals surface area (Å²) in [5.41, 5.74) is 4.08. The van der Waals surface area contributed by atoms with Crippen LogP contribution in [0.1, 0.15) is 5.56 Å². The van der Waals surface area contributed by atoms with Crippen LogP contribution in [0.25, 0.3) is 21.3 Å². The Bertz CT molecular complexity index is 1060. The lowest BCUT2D eigenvalue weighted by atomic mass is 10.1. The molecular formula is C19H14BrN3OS. The summed E-state index contributed by atoms with van der Waals surface area (Å²) in [7, 11) is 0. The van der Waals surface area contributed by atoms with Gasteiger partial charge in [0.25, 0.3) is 0 Å². The zero-order chi connectivity index (χ0) is 17.4. The van der Waals surface area contributed by atoms with Gasteiger partial charge in [-0.05, 0) is 48.4 Å². The first kappa shape index (κ1) is 16.1. The van der Waals surface area contributed by atoms with E-state index in [4.69, 9.17) is 0 Å². The van der Waals surface area contributed by atoms with Crippen molar-refractivity contribution in [3.8, 4) is 16.9 Å². The molecule has 0 unspecified atom stereocenters. The van der Waals surface area contributed by atoms with Gasteiger partial charge in [0.15, 0.2) is 0 Å². The largest absolute Gasteiger partial charge is 0.508 e. The van der Waals surface area contributed by atoms with E-state index in [0.717, 1.165) is 42.9 Å². The molecule has 2 N–H and O–H groups in total. The molecule has 2 heterocycles. The Labute approximate surface area is 157 Å². The van der Waals surface area contributed by atoms with Gasteiger partial charge in [-0.1, -0.05) is 28.1 Å². The summed E-state index contributed by atoms with van der Waals surface area (Å²) < 4.78 is 1.05. The fraction of sp³-hybridized carbons (Fsp3) is 0.0526. The van der Waals surface area contributed by atoms with Crippen LogP contribution < -0.4 is 5.32 Å². The third kappa shape index (κ3) is 3.10. The molecule has 0 aliphatic heterocycles.